The van der Waals surface area contributed by atoms with Gasteiger partial charge < -0.3 is 10.1 Å². The summed E-state index contributed by atoms with van der Waals surface area (Å²) in [6.45, 7) is 3.19. The highest BCUT2D eigenvalue weighted by atomic mass is 19.1. The van der Waals surface area contributed by atoms with Crippen LogP contribution in [0.2, 0.25) is 0 Å². The number of hydrogen-bond acceptors (Lipinski definition) is 2. The van der Waals surface area contributed by atoms with Gasteiger partial charge in [-0.1, -0.05) is 24.3 Å². The molecule has 2 rings (SSSR count). The molecule has 94 valence electrons. The molecule has 1 N–H and O–H groups in total. The molecule has 0 aliphatic heterocycles. The number of hydrogen-bond donors (Lipinski definition) is 1. The highest BCUT2D eigenvalue weighted by Gasteiger charge is 1.97. The second-order valence-corrected chi connectivity index (χ2v) is 4.05. The van der Waals surface area contributed by atoms with Crippen molar-refractivity contribution in [2.75, 3.05) is 18.5 Å². The zero-order chi connectivity index (χ0) is 12.8. The molecule has 0 bridgehead atoms. The van der Waals surface area contributed by atoms with E-state index in [1.165, 1.54) is 12.1 Å². The van der Waals surface area contributed by atoms with E-state index in [2.05, 4.69) is 5.32 Å². The van der Waals surface area contributed by atoms with Crippen LogP contribution in [-0.2, 0) is 0 Å². The van der Waals surface area contributed by atoms with Crippen molar-refractivity contribution in [2.45, 2.75) is 6.92 Å². The molecule has 3 heteroatoms. The minimum absolute atomic E-state index is 0.236. The van der Waals surface area contributed by atoms with Gasteiger partial charge in [-0.3, -0.25) is 0 Å². The highest BCUT2D eigenvalue weighted by molar-refractivity contribution is 5.43. The second kappa shape index (κ2) is 6.05. The lowest BCUT2D eigenvalue weighted by Crippen LogP contribution is -2.11. The third kappa shape index (κ3) is 3.48. The number of rotatable bonds is 5. The quantitative estimate of drug-likeness (QED) is 0.812. The Hall–Kier alpha value is -2.03. The highest BCUT2D eigenvalue weighted by Crippen LogP contribution is 2.16. The van der Waals surface area contributed by atoms with Crippen LogP contribution >= 0.6 is 0 Å². The minimum atomic E-state index is -0.236. The molecular formula is C15H16FNO. The molecule has 0 fully saturated rings. The van der Waals surface area contributed by atoms with Crippen molar-refractivity contribution < 1.29 is 9.13 Å². The Morgan fingerprint density at radius 3 is 2.72 bits per heavy atom. The molecule has 0 saturated heterocycles. The summed E-state index contributed by atoms with van der Waals surface area (Å²) in [4.78, 5) is 0. The van der Waals surface area contributed by atoms with E-state index in [4.69, 9.17) is 4.74 Å². The number of aryl methyl sites for hydroxylation is 1. The van der Waals surface area contributed by atoms with Gasteiger partial charge in [0, 0.05) is 12.2 Å². The Labute approximate surface area is 106 Å². The van der Waals surface area contributed by atoms with Crippen molar-refractivity contribution in [3.05, 3.63) is 59.9 Å². The Morgan fingerprint density at radius 1 is 1.11 bits per heavy atom. The fourth-order valence-corrected chi connectivity index (χ4v) is 1.67. The molecule has 2 aromatic carbocycles. The third-order valence-electron chi connectivity index (χ3n) is 2.61. The topological polar surface area (TPSA) is 21.3 Å². The van der Waals surface area contributed by atoms with Gasteiger partial charge in [0.1, 0.15) is 18.2 Å². The first-order valence-electron chi connectivity index (χ1n) is 5.93. The van der Waals surface area contributed by atoms with Crippen LogP contribution in [0.15, 0.2) is 48.5 Å². The molecule has 18 heavy (non-hydrogen) atoms. The Kier molecular flexibility index (Phi) is 4.18. The largest absolute Gasteiger partial charge is 0.491 e. The molecule has 0 aliphatic rings. The first-order valence-corrected chi connectivity index (χ1v) is 5.93. The van der Waals surface area contributed by atoms with Crippen LogP contribution in [-0.4, -0.2) is 13.2 Å². The average Bonchev–Trinajstić information content (AvgIpc) is 2.37. The molecule has 0 heterocycles. The van der Waals surface area contributed by atoms with Gasteiger partial charge in [-0.15, -0.1) is 0 Å². The smallest absolute Gasteiger partial charge is 0.125 e. The van der Waals surface area contributed by atoms with E-state index >= 15 is 0 Å². The summed E-state index contributed by atoms with van der Waals surface area (Å²) in [5.74, 6) is 0.651. The summed E-state index contributed by atoms with van der Waals surface area (Å²) < 4.78 is 18.6. The first kappa shape index (κ1) is 12.4. The molecule has 0 amide bonds. The van der Waals surface area contributed by atoms with Gasteiger partial charge in [-0.2, -0.15) is 0 Å². The third-order valence-corrected chi connectivity index (χ3v) is 2.61. The van der Waals surface area contributed by atoms with Crippen molar-refractivity contribution in [1.82, 2.24) is 0 Å². The standard InChI is InChI=1S/C15H16FNO/c1-12-5-2-3-8-15(12)18-10-9-17-14-7-4-6-13(16)11-14/h2-8,11,17H,9-10H2,1H3. The number of halogens is 1. The Balaban J connectivity index is 1.78. The van der Waals surface area contributed by atoms with Crippen molar-refractivity contribution in [2.24, 2.45) is 0 Å². The number of benzene rings is 2. The van der Waals surface area contributed by atoms with Crippen LogP contribution < -0.4 is 10.1 Å². The maximum Gasteiger partial charge on any atom is 0.125 e. The van der Waals surface area contributed by atoms with Gasteiger partial charge in [0.15, 0.2) is 0 Å². The van der Waals surface area contributed by atoms with Gasteiger partial charge in [0.05, 0.1) is 0 Å². The molecule has 0 atom stereocenters. The van der Waals surface area contributed by atoms with E-state index in [-0.39, 0.29) is 5.82 Å². The van der Waals surface area contributed by atoms with E-state index in [1.54, 1.807) is 6.07 Å². The van der Waals surface area contributed by atoms with Gasteiger partial charge in [-0.25, -0.2) is 4.39 Å². The Bertz CT molecular complexity index is 513. The fourth-order valence-electron chi connectivity index (χ4n) is 1.67. The predicted octanol–water partition coefficient (Wildman–Crippen LogP) is 3.63. The zero-order valence-corrected chi connectivity index (χ0v) is 10.3. The molecular weight excluding hydrogens is 229 g/mol. The SMILES string of the molecule is Cc1ccccc1OCCNc1cccc(F)c1. The molecule has 0 aliphatic carbocycles. The normalized spacial score (nSPS) is 10.1. The molecule has 2 aromatic rings. The summed E-state index contributed by atoms with van der Waals surface area (Å²) in [6.07, 6.45) is 0. The summed E-state index contributed by atoms with van der Waals surface area (Å²) >= 11 is 0. The van der Waals surface area contributed by atoms with Gasteiger partial charge >= 0.3 is 0 Å². The maximum absolute atomic E-state index is 12.9. The molecule has 0 spiro atoms. The van der Waals surface area contributed by atoms with Gasteiger partial charge in [0.25, 0.3) is 0 Å². The van der Waals surface area contributed by atoms with E-state index in [0.717, 1.165) is 17.0 Å². The number of para-hydroxylation sites is 1. The van der Waals surface area contributed by atoms with E-state index in [1.807, 2.05) is 37.3 Å². The van der Waals surface area contributed by atoms with Crippen molar-refractivity contribution >= 4 is 5.69 Å². The second-order valence-electron chi connectivity index (χ2n) is 4.05. The van der Waals surface area contributed by atoms with Crippen LogP contribution in [0.3, 0.4) is 0 Å². The fraction of sp³-hybridized carbons (Fsp3) is 0.200. The zero-order valence-electron chi connectivity index (χ0n) is 10.3. The molecule has 0 radical (unpaired) electrons. The summed E-state index contributed by atoms with van der Waals surface area (Å²) in [7, 11) is 0. The van der Waals surface area contributed by atoms with Crippen LogP contribution in [0, 0.1) is 12.7 Å². The summed E-state index contributed by atoms with van der Waals surface area (Å²) in [5.41, 5.74) is 1.88. The average molecular weight is 245 g/mol. The number of anilines is 1. The predicted molar refractivity (Wildman–Crippen MR) is 71.6 cm³/mol. The van der Waals surface area contributed by atoms with Crippen molar-refractivity contribution in [1.29, 1.82) is 0 Å². The molecule has 0 saturated carbocycles. The van der Waals surface area contributed by atoms with Crippen LogP contribution in [0.25, 0.3) is 0 Å². The lowest BCUT2D eigenvalue weighted by molar-refractivity contribution is 0.330. The Morgan fingerprint density at radius 2 is 1.94 bits per heavy atom. The van der Waals surface area contributed by atoms with Crippen molar-refractivity contribution in [3.8, 4) is 5.75 Å². The minimum Gasteiger partial charge on any atom is -0.491 e. The van der Waals surface area contributed by atoms with Gasteiger partial charge in [0.2, 0.25) is 0 Å². The molecule has 0 unspecified atom stereocenters. The molecule has 2 nitrogen and oxygen atoms in total. The van der Waals surface area contributed by atoms with Gasteiger partial charge in [-0.05, 0) is 36.8 Å². The van der Waals surface area contributed by atoms with Crippen LogP contribution in [0.4, 0.5) is 10.1 Å². The number of nitrogens with one attached hydrogen (secondary N) is 1. The van der Waals surface area contributed by atoms with E-state index in [9.17, 15) is 4.39 Å². The monoisotopic (exact) mass is 245 g/mol. The maximum atomic E-state index is 12.9. The lowest BCUT2D eigenvalue weighted by atomic mass is 10.2. The van der Waals surface area contributed by atoms with Crippen LogP contribution in [0.1, 0.15) is 5.56 Å². The van der Waals surface area contributed by atoms with E-state index in [0.29, 0.717) is 13.2 Å². The van der Waals surface area contributed by atoms with Crippen LogP contribution in [0.5, 0.6) is 5.75 Å². The first-order chi connectivity index (χ1) is 8.75. The summed E-state index contributed by atoms with van der Waals surface area (Å²) in [6, 6.07) is 14.3. The number of ether oxygens (including phenoxy) is 1. The molecule has 0 aromatic heterocycles. The van der Waals surface area contributed by atoms with E-state index < -0.39 is 0 Å². The summed E-state index contributed by atoms with van der Waals surface area (Å²) in [5, 5.41) is 3.11. The van der Waals surface area contributed by atoms with Crippen molar-refractivity contribution in [3.63, 3.8) is 0 Å². The lowest BCUT2D eigenvalue weighted by Gasteiger charge is -2.10.